The van der Waals surface area contributed by atoms with Crippen LogP contribution in [0, 0.1) is 5.41 Å². The van der Waals surface area contributed by atoms with Crippen LogP contribution in [-0.2, 0) is 18.3 Å². The van der Waals surface area contributed by atoms with Crippen LogP contribution in [0.3, 0.4) is 0 Å². The summed E-state index contributed by atoms with van der Waals surface area (Å²) in [5.74, 6) is 0. The quantitative estimate of drug-likeness (QED) is 0.801. The van der Waals surface area contributed by atoms with Crippen molar-refractivity contribution in [3.05, 3.63) is 18.2 Å². The average Bonchev–Trinajstić information content (AvgIpc) is 2.79. The second kappa shape index (κ2) is 5.02. The summed E-state index contributed by atoms with van der Waals surface area (Å²) in [7, 11) is 2.08. The summed E-state index contributed by atoms with van der Waals surface area (Å²) < 4.78 is 7.62. The van der Waals surface area contributed by atoms with E-state index in [-0.39, 0.29) is 0 Å². The molecule has 0 unspecified atom stereocenters. The Morgan fingerprint density at radius 1 is 1.22 bits per heavy atom. The smallest absolute Gasteiger partial charge is 0.0945 e. The predicted molar refractivity (Wildman–Crippen MR) is 70.2 cm³/mol. The standard InChI is InChI=1S/C14H23N3O/c1-16-12-15-10-13(16)11-17-6-2-14(3-7-17)4-8-18-9-5-14/h10,12H,2-9,11H2,1H3. The number of hydrogen-bond acceptors (Lipinski definition) is 3. The van der Waals surface area contributed by atoms with E-state index in [2.05, 4.69) is 21.5 Å². The van der Waals surface area contributed by atoms with Crippen LogP contribution in [-0.4, -0.2) is 40.8 Å². The Morgan fingerprint density at radius 2 is 1.94 bits per heavy atom. The Morgan fingerprint density at radius 3 is 2.56 bits per heavy atom. The van der Waals surface area contributed by atoms with Gasteiger partial charge in [0.05, 0.1) is 12.0 Å². The molecule has 4 nitrogen and oxygen atoms in total. The normalized spacial score (nSPS) is 24.5. The number of piperidine rings is 1. The molecule has 0 atom stereocenters. The highest BCUT2D eigenvalue weighted by molar-refractivity contribution is 4.98. The van der Waals surface area contributed by atoms with Gasteiger partial charge in [0, 0.05) is 33.0 Å². The van der Waals surface area contributed by atoms with Crippen LogP contribution in [0.25, 0.3) is 0 Å². The van der Waals surface area contributed by atoms with Crippen molar-refractivity contribution in [3.8, 4) is 0 Å². The number of hydrogen-bond donors (Lipinski definition) is 0. The van der Waals surface area contributed by atoms with Gasteiger partial charge in [0.15, 0.2) is 0 Å². The average molecular weight is 249 g/mol. The van der Waals surface area contributed by atoms with Crippen molar-refractivity contribution in [2.24, 2.45) is 12.5 Å². The number of aryl methyl sites for hydroxylation is 1. The van der Waals surface area contributed by atoms with Gasteiger partial charge < -0.3 is 9.30 Å². The molecule has 0 amide bonds. The molecule has 0 bridgehead atoms. The van der Waals surface area contributed by atoms with Gasteiger partial charge in [-0.2, -0.15) is 0 Å². The first-order valence-corrected chi connectivity index (χ1v) is 7.03. The second-order valence-electron chi connectivity index (χ2n) is 5.88. The summed E-state index contributed by atoms with van der Waals surface area (Å²) in [6, 6.07) is 0. The summed E-state index contributed by atoms with van der Waals surface area (Å²) in [6.07, 6.45) is 9.10. The maximum atomic E-state index is 5.50. The molecule has 0 aliphatic carbocycles. The van der Waals surface area contributed by atoms with Crippen LogP contribution < -0.4 is 0 Å². The third kappa shape index (κ3) is 2.45. The zero-order valence-electron chi connectivity index (χ0n) is 11.3. The number of likely N-dealkylation sites (tertiary alicyclic amines) is 1. The maximum Gasteiger partial charge on any atom is 0.0945 e. The summed E-state index contributed by atoms with van der Waals surface area (Å²) in [5, 5.41) is 0. The SMILES string of the molecule is Cn1cncc1CN1CCC2(CCOCC2)CC1. The fraction of sp³-hybridized carbons (Fsp3) is 0.786. The summed E-state index contributed by atoms with van der Waals surface area (Å²) in [5.41, 5.74) is 1.92. The molecular formula is C14H23N3O. The first-order valence-electron chi connectivity index (χ1n) is 7.03. The molecule has 3 heterocycles. The largest absolute Gasteiger partial charge is 0.381 e. The van der Waals surface area contributed by atoms with Crippen molar-refractivity contribution in [1.29, 1.82) is 0 Å². The van der Waals surface area contributed by atoms with Gasteiger partial charge >= 0.3 is 0 Å². The third-order valence-corrected chi connectivity index (χ3v) is 4.77. The predicted octanol–water partition coefficient (Wildman–Crippen LogP) is 1.81. The lowest BCUT2D eigenvalue weighted by Crippen LogP contribution is -2.42. The molecule has 4 heteroatoms. The molecule has 0 saturated carbocycles. The molecule has 1 aromatic rings. The van der Waals surface area contributed by atoms with Gasteiger partial charge in [-0.05, 0) is 44.2 Å². The molecule has 2 aliphatic heterocycles. The monoisotopic (exact) mass is 249 g/mol. The Kier molecular flexibility index (Phi) is 3.39. The minimum absolute atomic E-state index is 0.598. The number of rotatable bonds is 2. The molecule has 18 heavy (non-hydrogen) atoms. The topological polar surface area (TPSA) is 30.3 Å². The first kappa shape index (κ1) is 12.2. The van der Waals surface area contributed by atoms with Crippen molar-refractivity contribution in [2.75, 3.05) is 26.3 Å². The van der Waals surface area contributed by atoms with Gasteiger partial charge in [-0.15, -0.1) is 0 Å². The maximum absolute atomic E-state index is 5.50. The highest BCUT2D eigenvalue weighted by atomic mass is 16.5. The van der Waals surface area contributed by atoms with Gasteiger partial charge in [-0.1, -0.05) is 0 Å². The van der Waals surface area contributed by atoms with E-state index in [1.165, 1.54) is 44.5 Å². The van der Waals surface area contributed by atoms with Crippen LogP contribution in [0.15, 0.2) is 12.5 Å². The van der Waals surface area contributed by atoms with E-state index in [0.29, 0.717) is 5.41 Å². The molecular weight excluding hydrogens is 226 g/mol. The highest BCUT2D eigenvalue weighted by Gasteiger charge is 2.35. The second-order valence-corrected chi connectivity index (χ2v) is 5.88. The minimum Gasteiger partial charge on any atom is -0.381 e. The van der Waals surface area contributed by atoms with Crippen LogP contribution in [0.5, 0.6) is 0 Å². The first-order chi connectivity index (χ1) is 8.77. The van der Waals surface area contributed by atoms with Gasteiger partial charge in [0.25, 0.3) is 0 Å². The zero-order valence-corrected chi connectivity index (χ0v) is 11.3. The minimum atomic E-state index is 0.598. The summed E-state index contributed by atoms with van der Waals surface area (Å²) in [6.45, 7) is 5.45. The van der Waals surface area contributed by atoms with Gasteiger partial charge in [0.2, 0.25) is 0 Å². The molecule has 2 saturated heterocycles. The Balaban J connectivity index is 1.55. The lowest BCUT2D eigenvalue weighted by molar-refractivity contribution is -0.0220. The van der Waals surface area contributed by atoms with Crippen molar-refractivity contribution in [2.45, 2.75) is 32.2 Å². The van der Waals surface area contributed by atoms with Crippen LogP contribution in [0.1, 0.15) is 31.4 Å². The Labute approximate surface area is 109 Å². The fourth-order valence-corrected chi connectivity index (χ4v) is 3.26. The van der Waals surface area contributed by atoms with Gasteiger partial charge in [-0.3, -0.25) is 4.90 Å². The van der Waals surface area contributed by atoms with Gasteiger partial charge in [0.1, 0.15) is 0 Å². The zero-order chi connectivity index (χ0) is 12.4. The van der Waals surface area contributed by atoms with E-state index in [4.69, 9.17) is 4.74 Å². The molecule has 2 fully saturated rings. The Bertz CT molecular complexity index is 385. The summed E-state index contributed by atoms with van der Waals surface area (Å²) >= 11 is 0. The third-order valence-electron chi connectivity index (χ3n) is 4.77. The molecule has 1 aromatic heterocycles. The van der Waals surface area contributed by atoms with Crippen LogP contribution in [0.4, 0.5) is 0 Å². The fourth-order valence-electron chi connectivity index (χ4n) is 3.26. The van der Waals surface area contributed by atoms with Crippen molar-refractivity contribution >= 4 is 0 Å². The molecule has 3 rings (SSSR count). The van der Waals surface area contributed by atoms with E-state index < -0.39 is 0 Å². The van der Waals surface area contributed by atoms with E-state index in [1.807, 2.05) is 12.5 Å². The molecule has 1 spiro atoms. The molecule has 100 valence electrons. The van der Waals surface area contributed by atoms with Crippen LogP contribution >= 0.6 is 0 Å². The van der Waals surface area contributed by atoms with E-state index in [1.54, 1.807) is 0 Å². The van der Waals surface area contributed by atoms with Crippen molar-refractivity contribution < 1.29 is 4.74 Å². The number of nitrogens with zero attached hydrogens (tertiary/aromatic N) is 3. The molecule has 0 radical (unpaired) electrons. The lowest BCUT2D eigenvalue weighted by Gasteiger charge is -2.44. The summed E-state index contributed by atoms with van der Waals surface area (Å²) in [4.78, 5) is 6.76. The number of ether oxygens (including phenoxy) is 1. The lowest BCUT2D eigenvalue weighted by atomic mass is 9.72. The van der Waals surface area contributed by atoms with E-state index in [9.17, 15) is 0 Å². The number of imidazole rings is 1. The number of aromatic nitrogens is 2. The van der Waals surface area contributed by atoms with Crippen LogP contribution in [0.2, 0.25) is 0 Å². The van der Waals surface area contributed by atoms with E-state index >= 15 is 0 Å². The van der Waals surface area contributed by atoms with Gasteiger partial charge in [-0.25, -0.2) is 4.98 Å². The highest BCUT2D eigenvalue weighted by Crippen LogP contribution is 2.40. The van der Waals surface area contributed by atoms with E-state index in [0.717, 1.165) is 19.8 Å². The molecule has 0 N–H and O–H groups in total. The molecule has 2 aliphatic rings. The van der Waals surface area contributed by atoms with Crippen molar-refractivity contribution in [1.82, 2.24) is 14.5 Å². The molecule has 0 aromatic carbocycles. The van der Waals surface area contributed by atoms with Crippen molar-refractivity contribution in [3.63, 3.8) is 0 Å². The Hall–Kier alpha value is -0.870.